The van der Waals surface area contributed by atoms with E-state index in [2.05, 4.69) is 38.6 Å². The lowest BCUT2D eigenvalue weighted by Crippen LogP contribution is -2.29. The second kappa shape index (κ2) is 5.44. The number of hydrogen-bond acceptors (Lipinski definition) is 3. The van der Waals surface area contributed by atoms with Gasteiger partial charge in [-0.1, -0.05) is 28.1 Å². The van der Waals surface area contributed by atoms with E-state index in [1.807, 2.05) is 31.4 Å². The SMILES string of the molecule is Cn1ccc(CC(NN)c2ccc(Br)cc2)n1. The molecule has 0 radical (unpaired) electrons. The molecule has 17 heavy (non-hydrogen) atoms. The molecule has 0 aliphatic rings. The van der Waals surface area contributed by atoms with Crippen LogP contribution in [0.15, 0.2) is 41.0 Å². The van der Waals surface area contributed by atoms with E-state index in [0.717, 1.165) is 22.2 Å². The number of halogens is 1. The van der Waals surface area contributed by atoms with Gasteiger partial charge in [-0.15, -0.1) is 0 Å². The molecule has 0 fully saturated rings. The van der Waals surface area contributed by atoms with Gasteiger partial charge in [0.15, 0.2) is 0 Å². The van der Waals surface area contributed by atoms with Gasteiger partial charge >= 0.3 is 0 Å². The molecule has 0 spiro atoms. The van der Waals surface area contributed by atoms with Crippen LogP contribution in [0.4, 0.5) is 0 Å². The first-order valence-electron chi connectivity index (χ1n) is 5.39. The molecule has 90 valence electrons. The highest BCUT2D eigenvalue weighted by Gasteiger charge is 2.11. The monoisotopic (exact) mass is 294 g/mol. The van der Waals surface area contributed by atoms with Crippen LogP contribution in [0.25, 0.3) is 0 Å². The maximum Gasteiger partial charge on any atom is 0.0643 e. The summed E-state index contributed by atoms with van der Waals surface area (Å²) < 4.78 is 2.86. The second-order valence-electron chi connectivity index (χ2n) is 3.96. The van der Waals surface area contributed by atoms with Crippen LogP contribution in [0, 0.1) is 0 Å². The molecule has 5 heteroatoms. The fourth-order valence-corrected chi connectivity index (χ4v) is 2.01. The van der Waals surface area contributed by atoms with Crippen molar-refractivity contribution in [3.05, 3.63) is 52.3 Å². The second-order valence-corrected chi connectivity index (χ2v) is 4.87. The summed E-state index contributed by atoms with van der Waals surface area (Å²) in [6.07, 6.45) is 2.71. The largest absolute Gasteiger partial charge is 0.276 e. The Kier molecular flexibility index (Phi) is 3.93. The molecule has 0 saturated carbocycles. The first-order valence-corrected chi connectivity index (χ1v) is 6.18. The quantitative estimate of drug-likeness (QED) is 0.669. The minimum Gasteiger partial charge on any atom is -0.276 e. The molecule has 0 saturated heterocycles. The molecule has 0 aliphatic heterocycles. The van der Waals surface area contributed by atoms with Crippen LogP contribution in [0.1, 0.15) is 17.3 Å². The fourth-order valence-electron chi connectivity index (χ4n) is 1.75. The Hall–Kier alpha value is -1.17. The van der Waals surface area contributed by atoms with E-state index in [4.69, 9.17) is 5.84 Å². The van der Waals surface area contributed by atoms with E-state index >= 15 is 0 Å². The number of benzene rings is 1. The standard InChI is InChI=1S/C12H15BrN4/c1-17-7-6-11(16-17)8-12(15-14)9-2-4-10(13)5-3-9/h2-7,12,15H,8,14H2,1H3. The third-order valence-corrected chi connectivity index (χ3v) is 3.18. The molecule has 0 bridgehead atoms. The summed E-state index contributed by atoms with van der Waals surface area (Å²) >= 11 is 3.42. The zero-order valence-corrected chi connectivity index (χ0v) is 11.2. The van der Waals surface area contributed by atoms with Crippen molar-refractivity contribution in [3.8, 4) is 0 Å². The first-order chi connectivity index (χ1) is 8.19. The number of rotatable bonds is 4. The first kappa shape index (κ1) is 12.3. The third kappa shape index (κ3) is 3.15. The van der Waals surface area contributed by atoms with Gasteiger partial charge in [-0.3, -0.25) is 16.0 Å². The molecule has 1 aromatic carbocycles. The predicted molar refractivity (Wildman–Crippen MR) is 71.1 cm³/mol. The molecule has 3 N–H and O–H groups in total. The Bertz CT molecular complexity index is 478. The molecule has 2 rings (SSSR count). The van der Waals surface area contributed by atoms with E-state index in [0.29, 0.717) is 0 Å². The topological polar surface area (TPSA) is 55.9 Å². The lowest BCUT2D eigenvalue weighted by molar-refractivity contribution is 0.541. The van der Waals surface area contributed by atoms with Crippen LogP contribution >= 0.6 is 15.9 Å². The molecule has 4 nitrogen and oxygen atoms in total. The summed E-state index contributed by atoms with van der Waals surface area (Å²) in [6.45, 7) is 0. The molecular weight excluding hydrogens is 280 g/mol. The molecule has 1 aromatic heterocycles. The number of nitrogens with two attached hydrogens (primary N) is 1. The van der Waals surface area contributed by atoms with Gasteiger partial charge in [-0.2, -0.15) is 5.10 Å². The Balaban J connectivity index is 2.13. The smallest absolute Gasteiger partial charge is 0.0643 e. The van der Waals surface area contributed by atoms with Crippen molar-refractivity contribution < 1.29 is 0 Å². The van der Waals surface area contributed by atoms with Crippen molar-refractivity contribution in [1.29, 1.82) is 0 Å². The summed E-state index contributed by atoms with van der Waals surface area (Å²) in [7, 11) is 1.91. The van der Waals surface area contributed by atoms with Gasteiger partial charge in [-0.05, 0) is 23.8 Å². The highest BCUT2D eigenvalue weighted by atomic mass is 79.9. The number of hydrogen-bond donors (Lipinski definition) is 2. The van der Waals surface area contributed by atoms with Crippen molar-refractivity contribution in [1.82, 2.24) is 15.2 Å². The number of aromatic nitrogens is 2. The number of nitrogens with one attached hydrogen (secondary N) is 1. The number of nitrogens with zero attached hydrogens (tertiary/aromatic N) is 2. The van der Waals surface area contributed by atoms with Gasteiger partial charge in [0.25, 0.3) is 0 Å². The zero-order valence-electron chi connectivity index (χ0n) is 9.60. The molecule has 0 amide bonds. The normalized spacial score (nSPS) is 12.6. The van der Waals surface area contributed by atoms with Crippen molar-refractivity contribution in [3.63, 3.8) is 0 Å². The highest BCUT2D eigenvalue weighted by molar-refractivity contribution is 9.10. The van der Waals surface area contributed by atoms with E-state index in [1.54, 1.807) is 4.68 Å². The van der Waals surface area contributed by atoms with E-state index in [9.17, 15) is 0 Å². The number of hydrazine groups is 1. The summed E-state index contributed by atoms with van der Waals surface area (Å²) in [5.41, 5.74) is 5.01. The third-order valence-electron chi connectivity index (χ3n) is 2.66. The van der Waals surface area contributed by atoms with Crippen LogP contribution in [0.3, 0.4) is 0 Å². The van der Waals surface area contributed by atoms with Crippen molar-refractivity contribution in [2.24, 2.45) is 12.9 Å². The van der Waals surface area contributed by atoms with Crippen molar-refractivity contribution in [2.45, 2.75) is 12.5 Å². The number of aryl methyl sites for hydroxylation is 1. The molecule has 1 unspecified atom stereocenters. The zero-order chi connectivity index (χ0) is 12.3. The molecular formula is C12H15BrN4. The fraction of sp³-hybridized carbons (Fsp3) is 0.250. The van der Waals surface area contributed by atoms with Gasteiger partial charge in [0.05, 0.1) is 11.7 Å². The highest BCUT2D eigenvalue weighted by Crippen LogP contribution is 2.19. The Morgan fingerprint density at radius 3 is 2.59 bits per heavy atom. The minimum absolute atomic E-state index is 0.0815. The van der Waals surface area contributed by atoms with Crippen LogP contribution in [-0.4, -0.2) is 9.78 Å². The Labute approximate surface area is 109 Å². The Morgan fingerprint density at radius 2 is 2.06 bits per heavy atom. The summed E-state index contributed by atoms with van der Waals surface area (Å²) in [4.78, 5) is 0. The van der Waals surface area contributed by atoms with Crippen LogP contribution in [0.2, 0.25) is 0 Å². The van der Waals surface area contributed by atoms with E-state index in [-0.39, 0.29) is 6.04 Å². The van der Waals surface area contributed by atoms with Crippen LogP contribution in [0.5, 0.6) is 0 Å². The molecule has 2 aromatic rings. The van der Waals surface area contributed by atoms with Crippen LogP contribution < -0.4 is 11.3 Å². The average Bonchev–Trinajstić information content (AvgIpc) is 2.73. The summed E-state index contributed by atoms with van der Waals surface area (Å²) in [5, 5.41) is 4.35. The Morgan fingerprint density at radius 1 is 1.35 bits per heavy atom. The van der Waals surface area contributed by atoms with E-state index < -0.39 is 0 Å². The van der Waals surface area contributed by atoms with Crippen LogP contribution in [-0.2, 0) is 13.5 Å². The van der Waals surface area contributed by atoms with Crippen molar-refractivity contribution in [2.75, 3.05) is 0 Å². The predicted octanol–water partition coefficient (Wildman–Crippen LogP) is 1.93. The van der Waals surface area contributed by atoms with Gasteiger partial charge in [-0.25, -0.2) is 0 Å². The molecule has 1 atom stereocenters. The summed E-state index contributed by atoms with van der Waals surface area (Å²) in [5.74, 6) is 5.60. The minimum atomic E-state index is 0.0815. The van der Waals surface area contributed by atoms with Crippen molar-refractivity contribution >= 4 is 15.9 Å². The van der Waals surface area contributed by atoms with Gasteiger partial charge < -0.3 is 0 Å². The maximum atomic E-state index is 5.60. The van der Waals surface area contributed by atoms with E-state index in [1.165, 1.54) is 0 Å². The lowest BCUT2D eigenvalue weighted by Gasteiger charge is -2.15. The molecule has 1 heterocycles. The maximum absolute atomic E-state index is 5.60. The van der Waals surface area contributed by atoms with Gasteiger partial charge in [0, 0.05) is 24.1 Å². The average molecular weight is 295 g/mol. The summed E-state index contributed by atoms with van der Waals surface area (Å²) in [6, 6.07) is 10.2. The lowest BCUT2D eigenvalue weighted by atomic mass is 10.0. The van der Waals surface area contributed by atoms with Gasteiger partial charge in [0.1, 0.15) is 0 Å². The van der Waals surface area contributed by atoms with Gasteiger partial charge in [0.2, 0.25) is 0 Å². The molecule has 0 aliphatic carbocycles.